The lowest BCUT2D eigenvalue weighted by Crippen LogP contribution is -2.51. The summed E-state index contributed by atoms with van der Waals surface area (Å²) in [6, 6.07) is 2.26. The zero-order valence-corrected chi connectivity index (χ0v) is 17.1. The molecule has 0 atom stereocenters. The summed E-state index contributed by atoms with van der Waals surface area (Å²) in [5.41, 5.74) is 1.77. The summed E-state index contributed by atoms with van der Waals surface area (Å²) >= 11 is 1.54. The van der Waals surface area contributed by atoms with E-state index in [4.69, 9.17) is 4.74 Å². The van der Waals surface area contributed by atoms with Gasteiger partial charge in [-0.05, 0) is 24.8 Å². The molecule has 9 heteroatoms. The molecule has 0 unspecified atom stereocenters. The maximum Gasteiger partial charge on any atom is 0.239 e. The van der Waals surface area contributed by atoms with Crippen LogP contribution in [0.2, 0.25) is 0 Å². The van der Waals surface area contributed by atoms with E-state index in [0.29, 0.717) is 36.8 Å². The Balaban J connectivity index is 1.41. The van der Waals surface area contributed by atoms with Gasteiger partial charge < -0.3 is 15.4 Å². The second kappa shape index (κ2) is 9.98. The number of hydrogen-bond acceptors (Lipinski definition) is 7. The van der Waals surface area contributed by atoms with Crippen molar-refractivity contribution < 1.29 is 14.3 Å². The number of fused-ring (bicyclic) bond motifs is 1. The van der Waals surface area contributed by atoms with E-state index in [1.54, 1.807) is 18.4 Å². The van der Waals surface area contributed by atoms with Gasteiger partial charge in [0.2, 0.25) is 11.8 Å². The van der Waals surface area contributed by atoms with Gasteiger partial charge in [0, 0.05) is 44.7 Å². The van der Waals surface area contributed by atoms with E-state index in [-0.39, 0.29) is 11.8 Å². The van der Waals surface area contributed by atoms with Gasteiger partial charge in [0.05, 0.1) is 25.3 Å². The van der Waals surface area contributed by atoms with Crippen molar-refractivity contribution in [2.75, 3.05) is 64.8 Å². The number of aryl methyl sites for hydroxylation is 1. The number of thiophene rings is 1. The van der Waals surface area contributed by atoms with Crippen molar-refractivity contribution in [1.82, 2.24) is 15.1 Å². The quantitative estimate of drug-likeness (QED) is 0.609. The largest absolute Gasteiger partial charge is 0.383 e. The second-order valence-electron chi connectivity index (χ2n) is 7.12. The van der Waals surface area contributed by atoms with Gasteiger partial charge in [-0.15, -0.1) is 11.3 Å². The molecule has 0 bridgehead atoms. The SMILES string of the molecule is COCCNC(=O)CN1CCN(CC(=O)Nc2sc3c(c2C#N)CCC3)CC1. The van der Waals surface area contributed by atoms with E-state index in [2.05, 4.69) is 26.5 Å². The highest BCUT2D eigenvalue weighted by Gasteiger charge is 2.24. The molecule has 0 saturated carbocycles. The number of nitriles is 1. The summed E-state index contributed by atoms with van der Waals surface area (Å²) in [5, 5.41) is 15.9. The lowest BCUT2D eigenvalue weighted by atomic mass is 10.1. The van der Waals surface area contributed by atoms with Crippen molar-refractivity contribution >= 4 is 28.2 Å². The highest BCUT2D eigenvalue weighted by Crippen LogP contribution is 2.38. The van der Waals surface area contributed by atoms with Gasteiger partial charge in [-0.3, -0.25) is 19.4 Å². The first-order chi connectivity index (χ1) is 13.6. The first-order valence-corrected chi connectivity index (χ1v) is 10.5. The van der Waals surface area contributed by atoms with Crippen LogP contribution in [-0.4, -0.2) is 81.1 Å². The lowest BCUT2D eigenvalue weighted by molar-refractivity contribution is -0.123. The maximum atomic E-state index is 12.4. The monoisotopic (exact) mass is 405 g/mol. The standard InChI is InChI=1S/C19H27N5O3S/c1-27-10-5-21-17(25)12-23-6-8-24(9-7-23)13-18(26)22-19-15(11-20)14-3-2-4-16(14)28-19/h2-10,12-13H2,1H3,(H,21,25)(H,22,26). The fourth-order valence-electron chi connectivity index (χ4n) is 3.64. The summed E-state index contributed by atoms with van der Waals surface area (Å²) in [7, 11) is 1.61. The Labute approximate surface area is 169 Å². The smallest absolute Gasteiger partial charge is 0.239 e. The molecule has 2 aliphatic rings. The molecule has 2 N–H and O–H groups in total. The summed E-state index contributed by atoms with van der Waals surface area (Å²) in [6.45, 7) is 4.69. The Bertz CT molecular complexity index is 749. The number of carbonyl (C=O) groups is 2. The fourth-order valence-corrected chi connectivity index (χ4v) is 4.89. The number of rotatable bonds is 8. The minimum absolute atomic E-state index is 0.00183. The molecule has 0 radical (unpaired) electrons. The van der Waals surface area contributed by atoms with Crippen LogP contribution in [0.25, 0.3) is 0 Å². The summed E-state index contributed by atoms with van der Waals surface area (Å²) in [4.78, 5) is 29.7. The Hall–Kier alpha value is -1.99. The van der Waals surface area contributed by atoms with Crippen LogP contribution in [0.3, 0.4) is 0 Å². The van der Waals surface area contributed by atoms with Crippen molar-refractivity contribution in [3.8, 4) is 6.07 Å². The van der Waals surface area contributed by atoms with Crippen molar-refractivity contribution in [1.29, 1.82) is 5.26 Å². The van der Waals surface area contributed by atoms with Gasteiger partial charge in [-0.25, -0.2) is 0 Å². The first kappa shape index (κ1) is 20.7. The van der Waals surface area contributed by atoms with Crippen LogP contribution in [0.15, 0.2) is 0 Å². The third-order valence-electron chi connectivity index (χ3n) is 5.11. The zero-order chi connectivity index (χ0) is 19.9. The molecule has 1 aromatic heterocycles. The highest BCUT2D eigenvalue weighted by atomic mass is 32.1. The molecular weight excluding hydrogens is 378 g/mol. The van der Waals surface area contributed by atoms with Crippen molar-refractivity contribution in [3.63, 3.8) is 0 Å². The summed E-state index contributed by atoms with van der Waals surface area (Å²) in [5.74, 6) is -0.0831. The van der Waals surface area contributed by atoms with Gasteiger partial charge in [-0.2, -0.15) is 5.26 Å². The average molecular weight is 406 g/mol. The van der Waals surface area contributed by atoms with Crippen molar-refractivity contribution in [2.45, 2.75) is 19.3 Å². The van der Waals surface area contributed by atoms with Crippen LogP contribution in [0, 0.1) is 11.3 Å². The summed E-state index contributed by atoms with van der Waals surface area (Å²) in [6.07, 6.45) is 3.04. The number of piperazine rings is 1. The second-order valence-corrected chi connectivity index (χ2v) is 8.22. The van der Waals surface area contributed by atoms with Crippen molar-refractivity contribution in [3.05, 3.63) is 16.0 Å². The normalized spacial score (nSPS) is 17.1. The number of anilines is 1. The van der Waals surface area contributed by atoms with Gasteiger partial charge in [-0.1, -0.05) is 0 Å². The number of amides is 2. The van der Waals surface area contributed by atoms with Crippen LogP contribution in [0.1, 0.15) is 22.4 Å². The Morgan fingerprint density at radius 3 is 2.46 bits per heavy atom. The third-order valence-corrected chi connectivity index (χ3v) is 6.32. The summed E-state index contributed by atoms with van der Waals surface area (Å²) < 4.78 is 4.92. The van der Waals surface area contributed by atoms with Gasteiger partial charge in [0.25, 0.3) is 0 Å². The van der Waals surface area contributed by atoms with E-state index in [0.717, 1.165) is 51.0 Å². The molecule has 1 aromatic rings. The molecule has 1 aliphatic carbocycles. The Morgan fingerprint density at radius 1 is 1.14 bits per heavy atom. The number of nitrogens with zero attached hydrogens (tertiary/aromatic N) is 3. The molecule has 1 fully saturated rings. The molecule has 152 valence electrons. The molecule has 0 spiro atoms. The molecule has 1 aliphatic heterocycles. The minimum atomic E-state index is -0.0813. The van der Waals surface area contributed by atoms with Crippen LogP contribution < -0.4 is 10.6 Å². The number of carbonyl (C=O) groups excluding carboxylic acids is 2. The topological polar surface area (TPSA) is 97.7 Å². The number of hydrogen-bond donors (Lipinski definition) is 2. The van der Waals surface area contributed by atoms with Crippen LogP contribution >= 0.6 is 11.3 Å². The molecule has 1 saturated heterocycles. The molecule has 2 amide bonds. The Kier molecular flexibility index (Phi) is 7.39. The van der Waals surface area contributed by atoms with E-state index in [9.17, 15) is 14.9 Å². The van der Waals surface area contributed by atoms with Crippen LogP contribution in [0.5, 0.6) is 0 Å². The fraction of sp³-hybridized carbons (Fsp3) is 0.632. The average Bonchev–Trinajstić information content (AvgIpc) is 3.24. The lowest BCUT2D eigenvalue weighted by Gasteiger charge is -2.33. The third kappa shape index (κ3) is 5.29. The molecule has 8 nitrogen and oxygen atoms in total. The molecule has 28 heavy (non-hydrogen) atoms. The number of ether oxygens (including phenoxy) is 1. The van der Waals surface area contributed by atoms with E-state index in [1.807, 2.05) is 0 Å². The Morgan fingerprint density at radius 2 is 1.82 bits per heavy atom. The zero-order valence-electron chi connectivity index (χ0n) is 16.3. The van der Waals surface area contributed by atoms with Gasteiger partial charge in [0.1, 0.15) is 11.1 Å². The van der Waals surface area contributed by atoms with Crippen LogP contribution in [0.4, 0.5) is 5.00 Å². The first-order valence-electron chi connectivity index (χ1n) is 9.65. The molecule has 0 aromatic carbocycles. The highest BCUT2D eigenvalue weighted by molar-refractivity contribution is 7.16. The molecule has 2 heterocycles. The van der Waals surface area contributed by atoms with Gasteiger partial charge in [0.15, 0.2) is 0 Å². The molecule has 3 rings (SSSR count). The van der Waals surface area contributed by atoms with E-state index in [1.165, 1.54) is 4.88 Å². The number of nitrogens with one attached hydrogen (secondary N) is 2. The predicted molar refractivity (Wildman–Crippen MR) is 107 cm³/mol. The predicted octanol–water partition coefficient (Wildman–Crippen LogP) is 0.427. The van der Waals surface area contributed by atoms with Crippen molar-refractivity contribution in [2.24, 2.45) is 0 Å². The van der Waals surface area contributed by atoms with Gasteiger partial charge >= 0.3 is 0 Å². The minimum Gasteiger partial charge on any atom is -0.383 e. The van der Waals surface area contributed by atoms with E-state index < -0.39 is 0 Å². The van der Waals surface area contributed by atoms with E-state index >= 15 is 0 Å². The van der Waals surface area contributed by atoms with Crippen LogP contribution in [-0.2, 0) is 27.2 Å². The number of methoxy groups -OCH3 is 1. The molecular formula is C19H27N5O3S. The maximum absolute atomic E-state index is 12.4.